The van der Waals surface area contributed by atoms with Crippen molar-refractivity contribution >= 4 is 17.4 Å². The number of benzene rings is 1. The molecule has 0 saturated heterocycles. The van der Waals surface area contributed by atoms with Crippen LogP contribution in [0.15, 0.2) is 46.7 Å². The molecule has 1 aromatic carbocycles. The maximum absolute atomic E-state index is 12.5. The number of carbonyl (C=O) groups is 1. The van der Waals surface area contributed by atoms with Crippen molar-refractivity contribution in [3.63, 3.8) is 0 Å². The molecule has 0 aliphatic heterocycles. The molecule has 1 aromatic heterocycles. The summed E-state index contributed by atoms with van der Waals surface area (Å²) in [4.78, 5) is 34.1. The predicted molar refractivity (Wildman–Crippen MR) is 122 cm³/mol. The molecule has 0 aliphatic carbocycles. The summed E-state index contributed by atoms with van der Waals surface area (Å²) < 4.78 is 5.36. The lowest BCUT2D eigenvalue weighted by Crippen LogP contribution is -2.31. The molecule has 2 aromatic rings. The summed E-state index contributed by atoms with van der Waals surface area (Å²) in [5.41, 5.74) is 7.86. The zero-order valence-electron chi connectivity index (χ0n) is 18.3. The Labute approximate surface area is 182 Å². The van der Waals surface area contributed by atoms with Gasteiger partial charge in [0.15, 0.2) is 0 Å². The first-order chi connectivity index (χ1) is 15.0. The van der Waals surface area contributed by atoms with Crippen LogP contribution in [0.1, 0.15) is 42.4 Å². The number of hydrogen-bond acceptors (Lipinski definition) is 7. The molecular weight excluding hydrogens is 396 g/mol. The van der Waals surface area contributed by atoms with E-state index in [4.69, 9.17) is 10.5 Å². The number of amidine groups is 1. The topological polar surface area (TPSA) is 122 Å². The number of nitrogens with one attached hydrogen (secondary N) is 1. The number of aliphatic imine (C=N–C) groups is 1. The van der Waals surface area contributed by atoms with E-state index in [0.29, 0.717) is 18.7 Å². The summed E-state index contributed by atoms with van der Waals surface area (Å²) in [7, 11) is 0. The number of ether oxygens (including phenoxy) is 1. The molecule has 0 saturated carbocycles. The summed E-state index contributed by atoms with van der Waals surface area (Å²) in [6.45, 7) is 10.9. The van der Waals surface area contributed by atoms with Gasteiger partial charge in [-0.2, -0.15) is 4.99 Å². The summed E-state index contributed by atoms with van der Waals surface area (Å²) in [6, 6.07) is 7.84. The number of aromatic nitrogens is 1. The van der Waals surface area contributed by atoms with Gasteiger partial charge in [-0.15, -0.1) is 4.91 Å². The molecule has 0 radical (unpaired) electrons. The number of hydrogen-bond donors (Lipinski definition) is 2. The molecule has 1 amide bonds. The van der Waals surface area contributed by atoms with Crippen LogP contribution in [0.2, 0.25) is 0 Å². The van der Waals surface area contributed by atoms with Crippen molar-refractivity contribution in [2.24, 2.45) is 15.9 Å². The molecule has 166 valence electrons. The van der Waals surface area contributed by atoms with Crippen LogP contribution in [-0.2, 0) is 6.54 Å². The third kappa shape index (κ3) is 7.23. The average molecular weight is 427 g/mol. The van der Waals surface area contributed by atoms with E-state index in [0.717, 1.165) is 31.9 Å². The molecule has 9 nitrogen and oxygen atoms in total. The van der Waals surface area contributed by atoms with Crippen LogP contribution in [0.3, 0.4) is 0 Å². The molecule has 0 aliphatic rings. The zero-order valence-corrected chi connectivity index (χ0v) is 18.3. The fraction of sp³-hybridized carbons (Fsp3) is 0.409. The third-order valence-corrected chi connectivity index (χ3v) is 4.74. The van der Waals surface area contributed by atoms with Crippen molar-refractivity contribution in [3.8, 4) is 5.75 Å². The van der Waals surface area contributed by atoms with Gasteiger partial charge in [0.25, 0.3) is 5.91 Å². The summed E-state index contributed by atoms with van der Waals surface area (Å²) >= 11 is 0. The molecule has 9 heteroatoms. The monoisotopic (exact) mass is 426 g/mol. The van der Waals surface area contributed by atoms with Gasteiger partial charge in [0.1, 0.15) is 17.3 Å². The molecule has 1 heterocycles. The molecule has 0 spiro atoms. The van der Waals surface area contributed by atoms with Crippen LogP contribution in [0.5, 0.6) is 5.75 Å². The van der Waals surface area contributed by atoms with E-state index < -0.39 is 5.91 Å². The number of amides is 1. The molecule has 0 bridgehead atoms. The fourth-order valence-corrected chi connectivity index (χ4v) is 2.96. The van der Waals surface area contributed by atoms with Gasteiger partial charge in [-0.1, -0.05) is 13.8 Å². The van der Waals surface area contributed by atoms with Gasteiger partial charge in [-0.3, -0.25) is 9.78 Å². The maximum atomic E-state index is 12.5. The average Bonchev–Trinajstić information content (AvgIpc) is 2.79. The van der Waals surface area contributed by atoms with E-state index in [2.05, 4.69) is 39.2 Å². The number of pyridine rings is 1. The Hall–Kier alpha value is -3.17. The lowest BCUT2D eigenvalue weighted by molar-refractivity contribution is 0.100. The number of rotatable bonds is 12. The standard InChI is InChI=1S/C22H30N6O3/c1-4-28(5-2)12-11-24-15-18-13-16(9-10-25-18)21(23)26-22(29)17-7-8-19(27-30)20(14-17)31-6-3/h7-10,13-14,24H,4-6,11-12,15H2,1-3H3,(H2,23,26,29). The Morgan fingerprint density at radius 1 is 1.16 bits per heavy atom. The lowest BCUT2D eigenvalue weighted by Gasteiger charge is -2.17. The summed E-state index contributed by atoms with van der Waals surface area (Å²) in [6.07, 6.45) is 1.64. The Morgan fingerprint density at radius 3 is 2.61 bits per heavy atom. The van der Waals surface area contributed by atoms with Crippen LogP contribution in [-0.4, -0.2) is 54.4 Å². The molecule has 0 unspecified atom stereocenters. The zero-order chi connectivity index (χ0) is 22.6. The van der Waals surface area contributed by atoms with Crippen LogP contribution >= 0.6 is 0 Å². The van der Waals surface area contributed by atoms with E-state index in [1.807, 2.05) is 6.07 Å². The quantitative estimate of drug-likeness (QED) is 0.232. The number of nitroso groups, excluding NO2 is 1. The van der Waals surface area contributed by atoms with Crippen LogP contribution in [0.25, 0.3) is 0 Å². The first-order valence-corrected chi connectivity index (χ1v) is 10.4. The smallest absolute Gasteiger partial charge is 0.279 e. The minimum absolute atomic E-state index is 0.0901. The predicted octanol–water partition coefficient (Wildman–Crippen LogP) is 2.86. The van der Waals surface area contributed by atoms with Crippen molar-refractivity contribution in [2.75, 3.05) is 32.8 Å². The Kier molecular flexibility index (Phi) is 9.73. The van der Waals surface area contributed by atoms with Crippen molar-refractivity contribution in [2.45, 2.75) is 27.3 Å². The largest absolute Gasteiger partial charge is 0.491 e. The number of carbonyl (C=O) groups excluding carboxylic acids is 1. The minimum atomic E-state index is -0.536. The van der Waals surface area contributed by atoms with Crippen LogP contribution in [0, 0.1) is 4.91 Å². The SMILES string of the molecule is CCOc1cc(C(=O)N=C(N)c2ccnc(CNCCN(CC)CC)c2)ccc1N=O. The van der Waals surface area contributed by atoms with Gasteiger partial charge < -0.3 is 20.7 Å². The van der Waals surface area contributed by atoms with E-state index in [-0.39, 0.29) is 22.8 Å². The van der Waals surface area contributed by atoms with Gasteiger partial charge in [-0.25, -0.2) is 0 Å². The highest BCUT2D eigenvalue weighted by Crippen LogP contribution is 2.28. The van der Waals surface area contributed by atoms with Gasteiger partial charge in [0, 0.05) is 37.0 Å². The number of likely N-dealkylation sites (N-methyl/N-ethyl adjacent to an activating group) is 1. The van der Waals surface area contributed by atoms with E-state index >= 15 is 0 Å². The minimum Gasteiger partial charge on any atom is -0.491 e. The number of nitrogens with two attached hydrogens (primary N) is 1. The molecule has 0 fully saturated rings. The highest BCUT2D eigenvalue weighted by molar-refractivity contribution is 6.09. The van der Waals surface area contributed by atoms with Crippen molar-refractivity contribution in [1.29, 1.82) is 0 Å². The van der Waals surface area contributed by atoms with E-state index in [1.165, 1.54) is 18.2 Å². The number of nitrogens with zero attached hydrogens (tertiary/aromatic N) is 4. The van der Waals surface area contributed by atoms with Gasteiger partial charge >= 0.3 is 0 Å². The summed E-state index contributed by atoms with van der Waals surface area (Å²) in [5.74, 6) is -0.210. The van der Waals surface area contributed by atoms with Crippen LogP contribution in [0.4, 0.5) is 5.69 Å². The first-order valence-electron chi connectivity index (χ1n) is 10.4. The summed E-state index contributed by atoms with van der Waals surface area (Å²) in [5, 5.41) is 6.26. The van der Waals surface area contributed by atoms with Crippen LogP contribution < -0.4 is 15.8 Å². The van der Waals surface area contributed by atoms with E-state index in [1.54, 1.807) is 19.2 Å². The second-order valence-electron chi connectivity index (χ2n) is 6.75. The van der Waals surface area contributed by atoms with Crippen molar-refractivity contribution in [3.05, 3.63) is 58.3 Å². The third-order valence-electron chi connectivity index (χ3n) is 4.74. The van der Waals surface area contributed by atoms with Crippen molar-refractivity contribution in [1.82, 2.24) is 15.2 Å². The molecule has 0 atom stereocenters. The fourth-order valence-electron chi connectivity index (χ4n) is 2.96. The van der Waals surface area contributed by atoms with Crippen molar-refractivity contribution < 1.29 is 9.53 Å². The highest BCUT2D eigenvalue weighted by atomic mass is 16.5. The second kappa shape index (κ2) is 12.5. The van der Waals surface area contributed by atoms with E-state index in [9.17, 15) is 9.70 Å². The molecule has 3 N–H and O–H groups in total. The normalized spacial score (nSPS) is 11.5. The molecule has 31 heavy (non-hydrogen) atoms. The Morgan fingerprint density at radius 2 is 1.94 bits per heavy atom. The second-order valence-corrected chi connectivity index (χ2v) is 6.75. The molecule has 2 rings (SSSR count). The molecular formula is C22H30N6O3. The lowest BCUT2D eigenvalue weighted by atomic mass is 10.1. The highest BCUT2D eigenvalue weighted by Gasteiger charge is 2.12. The first kappa shape index (κ1) is 24.1. The Bertz CT molecular complexity index is 912. The maximum Gasteiger partial charge on any atom is 0.279 e. The van der Waals surface area contributed by atoms with Gasteiger partial charge in [-0.05, 0) is 55.5 Å². The Balaban J connectivity index is 2.06. The van der Waals surface area contributed by atoms with Gasteiger partial charge in [0.05, 0.1) is 12.3 Å². The van der Waals surface area contributed by atoms with Gasteiger partial charge in [0.2, 0.25) is 0 Å².